The van der Waals surface area contributed by atoms with Crippen LogP contribution < -0.4 is 11.3 Å². The summed E-state index contributed by atoms with van der Waals surface area (Å²) < 4.78 is 13.3. The van der Waals surface area contributed by atoms with Gasteiger partial charge in [0.2, 0.25) is 5.95 Å². The van der Waals surface area contributed by atoms with Gasteiger partial charge in [-0.1, -0.05) is 0 Å². The Morgan fingerprint density at radius 3 is 2.42 bits per heavy atom. The topological polar surface area (TPSA) is 128 Å². The number of aryl methyl sites for hydroxylation is 1. The summed E-state index contributed by atoms with van der Waals surface area (Å²) in [5.74, 6) is 0.0453. The summed E-state index contributed by atoms with van der Waals surface area (Å²) in [6.07, 6.45) is 2.23. The summed E-state index contributed by atoms with van der Waals surface area (Å²) in [4.78, 5) is 22.6. The van der Waals surface area contributed by atoms with E-state index in [-0.39, 0.29) is 35.8 Å². The van der Waals surface area contributed by atoms with E-state index in [1.54, 1.807) is 10.9 Å². The van der Waals surface area contributed by atoms with Crippen molar-refractivity contribution >= 4 is 17.1 Å². The molecule has 0 aliphatic rings. The Morgan fingerprint density at radius 2 is 1.88 bits per heavy atom. The molecule has 2 aromatic rings. The smallest absolute Gasteiger partial charge is 0.280 e. The molecule has 0 aliphatic carbocycles. The van der Waals surface area contributed by atoms with Crippen molar-refractivity contribution in [3.8, 4) is 0 Å². The van der Waals surface area contributed by atoms with E-state index >= 15 is 0 Å². The van der Waals surface area contributed by atoms with Gasteiger partial charge in [0.25, 0.3) is 5.56 Å². The molecular formula is C17H29N5O4. The van der Waals surface area contributed by atoms with Gasteiger partial charge in [-0.3, -0.25) is 9.78 Å². The molecule has 9 nitrogen and oxygen atoms in total. The highest BCUT2D eigenvalue weighted by atomic mass is 16.5. The van der Waals surface area contributed by atoms with Crippen LogP contribution >= 0.6 is 0 Å². The molecule has 0 aromatic carbocycles. The minimum atomic E-state index is -0.558. The van der Waals surface area contributed by atoms with E-state index in [2.05, 4.69) is 15.0 Å². The van der Waals surface area contributed by atoms with E-state index in [1.807, 2.05) is 27.7 Å². The number of aliphatic hydroxyl groups is 1. The van der Waals surface area contributed by atoms with E-state index < -0.39 is 5.41 Å². The summed E-state index contributed by atoms with van der Waals surface area (Å²) in [5, 5.41) is 10.1. The fourth-order valence-corrected chi connectivity index (χ4v) is 2.54. The maximum absolute atomic E-state index is 11.9. The number of imidazole rings is 1. The Balaban J connectivity index is 2.21. The van der Waals surface area contributed by atoms with Gasteiger partial charge in [0.1, 0.15) is 0 Å². The van der Waals surface area contributed by atoms with Crippen LogP contribution in [0.2, 0.25) is 0 Å². The molecule has 2 rings (SSSR count). The molecule has 2 aromatic heterocycles. The maximum atomic E-state index is 11.9. The predicted molar refractivity (Wildman–Crippen MR) is 98.9 cm³/mol. The molecule has 2 heterocycles. The van der Waals surface area contributed by atoms with Gasteiger partial charge in [0.15, 0.2) is 11.2 Å². The number of aliphatic hydroxyl groups excluding tert-OH is 1. The highest BCUT2D eigenvalue weighted by molar-refractivity contribution is 5.70. The summed E-state index contributed by atoms with van der Waals surface area (Å²) in [6, 6.07) is 0. The molecule has 0 saturated heterocycles. The van der Waals surface area contributed by atoms with Gasteiger partial charge in [-0.15, -0.1) is 0 Å². The average molecular weight is 367 g/mol. The highest BCUT2D eigenvalue weighted by Gasteiger charge is 2.31. The lowest BCUT2D eigenvalue weighted by Crippen LogP contribution is -2.39. The van der Waals surface area contributed by atoms with Crippen molar-refractivity contribution in [2.45, 2.75) is 52.9 Å². The normalized spacial score (nSPS) is 12.6. The Labute approximate surface area is 152 Å². The van der Waals surface area contributed by atoms with Crippen LogP contribution in [0.3, 0.4) is 0 Å². The minimum absolute atomic E-state index is 0.0453. The van der Waals surface area contributed by atoms with Crippen LogP contribution in [0, 0.1) is 5.41 Å². The van der Waals surface area contributed by atoms with Crippen molar-refractivity contribution in [2.24, 2.45) is 5.41 Å². The molecule has 9 heteroatoms. The SMILES string of the molecule is CC(C)OCC(CO)(CCn1cnc2c(=O)[nH]c(N)nc21)COC(C)C. The molecule has 0 unspecified atom stereocenters. The van der Waals surface area contributed by atoms with Crippen LogP contribution in [0.1, 0.15) is 34.1 Å². The first kappa shape index (κ1) is 20.3. The number of ether oxygens (including phenoxy) is 2. The standard InChI is InChI=1S/C17H29N5O4/c1-11(2)25-8-17(7-23,9-26-12(3)4)5-6-22-10-19-13-14(22)20-16(18)21-15(13)24/h10-12,23H,5-9H2,1-4H3,(H3,18,20,21,24). The van der Waals surface area contributed by atoms with E-state index in [0.717, 1.165) is 0 Å². The first-order chi connectivity index (χ1) is 12.3. The number of anilines is 1. The summed E-state index contributed by atoms with van der Waals surface area (Å²) in [5.41, 5.74) is 5.37. The Hall–Kier alpha value is -1.97. The lowest BCUT2D eigenvalue weighted by Gasteiger charge is -2.33. The van der Waals surface area contributed by atoms with Crippen molar-refractivity contribution in [3.05, 3.63) is 16.7 Å². The lowest BCUT2D eigenvalue weighted by molar-refractivity contribution is -0.0829. The van der Waals surface area contributed by atoms with Crippen LogP contribution in [-0.2, 0) is 16.0 Å². The van der Waals surface area contributed by atoms with Crippen molar-refractivity contribution in [1.82, 2.24) is 19.5 Å². The van der Waals surface area contributed by atoms with Gasteiger partial charge >= 0.3 is 0 Å². The zero-order chi connectivity index (χ0) is 19.3. The Bertz CT molecular complexity index is 756. The third kappa shape index (κ3) is 5.03. The molecule has 0 saturated carbocycles. The highest BCUT2D eigenvalue weighted by Crippen LogP contribution is 2.26. The number of nitrogens with two attached hydrogens (primary N) is 1. The van der Waals surface area contributed by atoms with Crippen LogP contribution in [0.15, 0.2) is 11.1 Å². The second kappa shape index (κ2) is 8.61. The first-order valence-corrected chi connectivity index (χ1v) is 8.81. The van der Waals surface area contributed by atoms with Crippen molar-refractivity contribution in [2.75, 3.05) is 25.6 Å². The number of nitrogens with one attached hydrogen (secondary N) is 1. The number of nitrogen functional groups attached to an aromatic ring is 1. The molecule has 0 aliphatic heterocycles. The molecule has 0 bridgehead atoms. The quantitative estimate of drug-likeness (QED) is 0.569. The fraction of sp³-hybridized carbons (Fsp3) is 0.706. The van der Waals surface area contributed by atoms with E-state index in [9.17, 15) is 9.90 Å². The fourth-order valence-electron chi connectivity index (χ4n) is 2.54. The second-order valence-electron chi connectivity index (χ2n) is 7.19. The van der Waals surface area contributed by atoms with Gasteiger partial charge in [-0.05, 0) is 34.1 Å². The monoisotopic (exact) mass is 367 g/mol. The molecule has 0 amide bonds. The number of H-pyrrole nitrogens is 1. The number of nitrogens with zero attached hydrogens (tertiary/aromatic N) is 3. The zero-order valence-electron chi connectivity index (χ0n) is 15.9. The van der Waals surface area contributed by atoms with E-state index in [4.69, 9.17) is 15.2 Å². The molecule has 0 spiro atoms. The van der Waals surface area contributed by atoms with Gasteiger partial charge in [0, 0.05) is 12.0 Å². The predicted octanol–water partition coefficient (Wildman–Crippen LogP) is 0.921. The van der Waals surface area contributed by atoms with Crippen molar-refractivity contribution in [1.29, 1.82) is 0 Å². The van der Waals surface area contributed by atoms with Crippen LogP contribution in [-0.4, -0.2) is 56.7 Å². The number of hydrogen-bond acceptors (Lipinski definition) is 7. The maximum Gasteiger partial charge on any atom is 0.280 e. The van der Waals surface area contributed by atoms with Crippen molar-refractivity contribution < 1.29 is 14.6 Å². The van der Waals surface area contributed by atoms with Gasteiger partial charge in [-0.25, -0.2) is 4.98 Å². The molecule has 0 fully saturated rings. The first-order valence-electron chi connectivity index (χ1n) is 8.81. The van der Waals surface area contributed by atoms with Crippen molar-refractivity contribution in [3.63, 3.8) is 0 Å². The number of rotatable bonds is 10. The van der Waals surface area contributed by atoms with Crippen LogP contribution in [0.4, 0.5) is 5.95 Å². The van der Waals surface area contributed by atoms with E-state index in [1.165, 1.54) is 0 Å². The third-order valence-corrected chi connectivity index (χ3v) is 4.16. The number of hydrogen-bond donors (Lipinski definition) is 3. The molecule has 26 heavy (non-hydrogen) atoms. The molecule has 4 N–H and O–H groups in total. The summed E-state index contributed by atoms with van der Waals surface area (Å²) in [6.45, 7) is 8.97. The van der Waals surface area contributed by atoms with Gasteiger partial charge in [-0.2, -0.15) is 4.98 Å². The van der Waals surface area contributed by atoms with Gasteiger partial charge < -0.3 is 24.9 Å². The number of aromatic amines is 1. The average Bonchev–Trinajstić information content (AvgIpc) is 2.97. The number of aromatic nitrogens is 4. The summed E-state index contributed by atoms with van der Waals surface area (Å²) >= 11 is 0. The third-order valence-electron chi connectivity index (χ3n) is 4.16. The van der Waals surface area contributed by atoms with Crippen LogP contribution in [0.25, 0.3) is 11.2 Å². The molecule has 0 atom stereocenters. The summed E-state index contributed by atoms with van der Waals surface area (Å²) in [7, 11) is 0. The van der Waals surface area contributed by atoms with Crippen LogP contribution in [0.5, 0.6) is 0 Å². The largest absolute Gasteiger partial charge is 0.396 e. The second-order valence-corrected chi connectivity index (χ2v) is 7.19. The number of fused-ring (bicyclic) bond motifs is 1. The Kier molecular flexibility index (Phi) is 6.74. The molecule has 146 valence electrons. The molecular weight excluding hydrogens is 338 g/mol. The molecule has 0 radical (unpaired) electrons. The van der Waals surface area contributed by atoms with E-state index in [0.29, 0.717) is 31.8 Å². The minimum Gasteiger partial charge on any atom is -0.396 e. The lowest BCUT2D eigenvalue weighted by atomic mass is 9.87. The zero-order valence-corrected chi connectivity index (χ0v) is 15.9. The van der Waals surface area contributed by atoms with Gasteiger partial charge in [0.05, 0.1) is 38.4 Å². The Morgan fingerprint density at radius 1 is 1.27 bits per heavy atom.